The fourth-order valence-corrected chi connectivity index (χ4v) is 3.27. The number of carbonyl (C=O) groups excluding carboxylic acids is 2. The molecule has 1 aliphatic carbocycles. The zero-order valence-electron chi connectivity index (χ0n) is 15.7. The van der Waals surface area contributed by atoms with Crippen molar-refractivity contribution in [1.82, 2.24) is 10.6 Å². The molecule has 0 saturated heterocycles. The summed E-state index contributed by atoms with van der Waals surface area (Å²) < 4.78 is 5.37. The van der Waals surface area contributed by atoms with E-state index in [0.29, 0.717) is 0 Å². The minimum Gasteiger partial charge on any atom is -0.445 e. The molecule has 0 unspecified atom stereocenters. The Balaban J connectivity index is 1.63. The number of rotatable bonds is 7. The Morgan fingerprint density at radius 3 is 2.26 bits per heavy atom. The number of nitrogens with one attached hydrogen (secondary N) is 2. The highest BCUT2D eigenvalue weighted by Gasteiger charge is 2.48. The zero-order chi connectivity index (χ0) is 19.2. The summed E-state index contributed by atoms with van der Waals surface area (Å²) in [6.45, 7) is 4.11. The summed E-state index contributed by atoms with van der Waals surface area (Å²) in [4.78, 5) is 24.7. The standard InChI is InChI=1S/C22H26N2O3/c1-15(2)23-21(25)19-13-18(19)20(17-11-7-4-8-12-17)24-22(26)27-14-16-9-5-3-6-10-16/h3-12,15,18-20H,13-14H2,1-2H3,(H,23,25)(H,24,26)/t18-,19+,20-/m1/s1. The van der Waals surface area contributed by atoms with Gasteiger partial charge in [0.15, 0.2) is 0 Å². The summed E-state index contributed by atoms with van der Waals surface area (Å²) >= 11 is 0. The molecular formula is C22H26N2O3. The van der Waals surface area contributed by atoms with Crippen LogP contribution in [0.25, 0.3) is 0 Å². The summed E-state index contributed by atoms with van der Waals surface area (Å²) in [6, 6.07) is 19.2. The molecule has 1 fully saturated rings. The smallest absolute Gasteiger partial charge is 0.407 e. The van der Waals surface area contributed by atoms with Crippen LogP contribution in [0.1, 0.15) is 37.4 Å². The first kappa shape index (κ1) is 19.0. The molecule has 0 aliphatic heterocycles. The first-order valence-electron chi connectivity index (χ1n) is 9.37. The van der Waals surface area contributed by atoms with Crippen molar-refractivity contribution in [3.8, 4) is 0 Å². The normalized spacial score (nSPS) is 19.2. The molecule has 1 aliphatic rings. The van der Waals surface area contributed by atoms with Crippen LogP contribution in [0.5, 0.6) is 0 Å². The van der Waals surface area contributed by atoms with E-state index in [2.05, 4.69) is 10.6 Å². The molecule has 2 aromatic rings. The lowest BCUT2D eigenvalue weighted by atomic mass is 10.0. The van der Waals surface area contributed by atoms with E-state index in [4.69, 9.17) is 4.74 Å². The third-order valence-corrected chi connectivity index (χ3v) is 4.68. The minimum atomic E-state index is -0.470. The Kier molecular flexibility index (Phi) is 6.12. The Labute approximate surface area is 160 Å². The molecule has 0 heterocycles. The van der Waals surface area contributed by atoms with Gasteiger partial charge in [0.2, 0.25) is 5.91 Å². The Bertz CT molecular complexity index is 762. The van der Waals surface area contributed by atoms with Gasteiger partial charge in [0.25, 0.3) is 0 Å². The molecule has 0 aromatic heterocycles. The van der Waals surface area contributed by atoms with E-state index in [1.54, 1.807) is 0 Å². The van der Waals surface area contributed by atoms with Crippen LogP contribution in [0, 0.1) is 11.8 Å². The van der Waals surface area contributed by atoms with E-state index in [1.165, 1.54) is 0 Å². The Morgan fingerprint density at radius 2 is 1.63 bits per heavy atom. The van der Waals surface area contributed by atoms with E-state index in [9.17, 15) is 9.59 Å². The van der Waals surface area contributed by atoms with Crippen LogP contribution in [0.15, 0.2) is 60.7 Å². The van der Waals surface area contributed by atoms with E-state index in [-0.39, 0.29) is 36.4 Å². The molecule has 2 N–H and O–H groups in total. The largest absolute Gasteiger partial charge is 0.445 e. The molecule has 142 valence electrons. The number of alkyl carbamates (subject to hydrolysis) is 1. The molecular weight excluding hydrogens is 340 g/mol. The molecule has 5 heteroatoms. The minimum absolute atomic E-state index is 0.0513. The van der Waals surface area contributed by atoms with Crippen LogP contribution in [-0.4, -0.2) is 18.0 Å². The topological polar surface area (TPSA) is 67.4 Å². The zero-order valence-corrected chi connectivity index (χ0v) is 15.7. The van der Waals surface area contributed by atoms with Gasteiger partial charge in [-0.15, -0.1) is 0 Å². The van der Waals surface area contributed by atoms with Crippen molar-refractivity contribution >= 4 is 12.0 Å². The van der Waals surface area contributed by atoms with Gasteiger partial charge < -0.3 is 15.4 Å². The number of carbonyl (C=O) groups is 2. The summed E-state index contributed by atoms with van der Waals surface area (Å²) in [5.74, 6) is 0.0536. The number of benzene rings is 2. The van der Waals surface area contributed by atoms with Gasteiger partial charge in [-0.25, -0.2) is 4.79 Å². The lowest BCUT2D eigenvalue weighted by Crippen LogP contribution is -2.34. The summed E-state index contributed by atoms with van der Waals surface area (Å²) in [5, 5.41) is 5.92. The van der Waals surface area contributed by atoms with Gasteiger partial charge in [-0.3, -0.25) is 4.79 Å². The third kappa shape index (κ3) is 5.33. The monoisotopic (exact) mass is 366 g/mol. The summed E-state index contributed by atoms with van der Waals surface area (Å²) in [7, 11) is 0. The molecule has 0 bridgehead atoms. The highest BCUT2D eigenvalue weighted by atomic mass is 16.5. The van der Waals surface area contributed by atoms with Crippen LogP contribution in [0.3, 0.4) is 0 Å². The van der Waals surface area contributed by atoms with Gasteiger partial charge in [-0.1, -0.05) is 60.7 Å². The lowest BCUT2D eigenvalue weighted by Gasteiger charge is -2.19. The first-order valence-corrected chi connectivity index (χ1v) is 9.37. The SMILES string of the molecule is CC(C)NC(=O)[C@H]1C[C@H]1[C@H](NC(=O)OCc1ccccc1)c1ccccc1. The predicted octanol–water partition coefficient (Wildman–Crippen LogP) is 3.81. The van der Waals surface area contributed by atoms with Crippen LogP contribution in [-0.2, 0) is 16.1 Å². The molecule has 3 atom stereocenters. The first-order chi connectivity index (χ1) is 13.0. The quantitative estimate of drug-likeness (QED) is 0.783. The summed E-state index contributed by atoms with van der Waals surface area (Å²) in [6.07, 6.45) is 0.291. The van der Waals surface area contributed by atoms with E-state index in [1.807, 2.05) is 74.5 Å². The van der Waals surface area contributed by atoms with Crippen LogP contribution in [0.4, 0.5) is 4.79 Å². The van der Waals surface area contributed by atoms with Crippen molar-refractivity contribution in [2.45, 2.75) is 39.0 Å². The lowest BCUT2D eigenvalue weighted by molar-refractivity contribution is -0.123. The molecule has 2 aromatic carbocycles. The van der Waals surface area contributed by atoms with Crippen molar-refractivity contribution in [2.24, 2.45) is 11.8 Å². The highest BCUT2D eigenvalue weighted by molar-refractivity contribution is 5.82. The second-order valence-corrected chi connectivity index (χ2v) is 7.26. The average Bonchev–Trinajstić information content (AvgIpc) is 3.46. The van der Waals surface area contributed by atoms with Crippen LogP contribution in [0.2, 0.25) is 0 Å². The van der Waals surface area contributed by atoms with Crippen LogP contribution >= 0.6 is 0 Å². The van der Waals surface area contributed by atoms with Gasteiger partial charge in [-0.05, 0) is 37.3 Å². The molecule has 3 rings (SSSR count). The van der Waals surface area contributed by atoms with E-state index in [0.717, 1.165) is 17.5 Å². The van der Waals surface area contributed by atoms with E-state index < -0.39 is 6.09 Å². The van der Waals surface area contributed by atoms with Gasteiger partial charge in [0.05, 0.1) is 6.04 Å². The molecule has 0 radical (unpaired) electrons. The van der Waals surface area contributed by atoms with Crippen molar-refractivity contribution in [3.63, 3.8) is 0 Å². The molecule has 2 amide bonds. The Morgan fingerprint density at radius 1 is 1.00 bits per heavy atom. The number of amides is 2. The summed E-state index contributed by atoms with van der Waals surface area (Å²) in [5.41, 5.74) is 1.92. The van der Waals surface area contributed by atoms with Gasteiger partial charge in [0, 0.05) is 12.0 Å². The number of hydrogen-bond donors (Lipinski definition) is 2. The maximum Gasteiger partial charge on any atom is 0.407 e. The molecule has 5 nitrogen and oxygen atoms in total. The molecule has 27 heavy (non-hydrogen) atoms. The fourth-order valence-electron chi connectivity index (χ4n) is 3.27. The van der Waals surface area contributed by atoms with Gasteiger partial charge >= 0.3 is 6.09 Å². The van der Waals surface area contributed by atoms with E-state index >= 15 is 0 Å². The van der Waals surface area contributed by atoms with Gasteiger partial charge in [0.1, 0.15) is 6.61 Å². The fraction of sp³-hybridized carbons (Fsp3) is 0.364. The van der Waals surface area contributed by atoms with Crippen molar-refractivity contribution < 1.29 is 14.3 Å². The van der Waals surface area contributed by atoms with Gasteiger partial charge in [-0.2, -0.15) is 0 Å². The van der Waals surface area contributed by atoms with Crippen molar-refractivity contribution in [1.29, 1.82) is 0 Å². The highest BCUT2D eigenvalue weighted by Crippen LogP contribution is 2.47. The number of ether oxygens (including phenoxy) is 1. The molecule has 0 spiro atoms. The maximum atomic E-state index is 12.4. The predicted molar refractivity (Wildman–Crippen MR) is 104 cm³/mol. The third-order valence-electron chi connectivity index (χ3n) is 4.68. The molecule has 1 saturated carbocycles. The van der Waals surface area contributed by atoms with Crippen molar-refractivity contribution in [3.05, 3.63) is 71.8 Å². The van der Waals surface area contributed by atoms with Crippen LogP contribution < -0.4 is 10.6 Å². The average molecular weight is 366 g/mol. The Hall–Kier alpha value is -2.82. The second-order valence-electron chi connectivity index (χ2n) is 7.26. The second kappa shape index (κ2) is 8.71. The number of hydrogen-bond acceptors (Lipinski definition) is 3. The van der Waals surface area contributed by atoms with Crippen molar-refractivity contribution in [2.75, 3.05) is 0 Å². The maximum absolute atomic E-state index is 12.4.